The van der Waals surface area contributed by atoms with Gasteiger partial charge in [-0.05, 0) is 26.5 Å². The number of hydrogen-bond donors (Lipinski definition) is 2. The van der Waals surface area contributed by atoms with Gasteiger partial charge in [-0.3, -0.25) is 4.90 Å². The van der Waals surface area contributed by atoms with Gasteiger partial charge in [0.2, 0.25) is 0 Å². The highest BCUT2D eigenvalue weighted by Gasteiger charge is 2.41. The van der Waals surface area contributed by atoms with Gasteiger partial charge in [0.1, 0.15) is 0 Å². The van der Waals surface area contributed by atoms with Crippen LogP contribution in [0.15, 0.2) is 30.3 Å². The number of morpholine rings is 1. The maximum atomic E-state index is 12.0. The summed E-state index contributed by atoms with van der Waals surface area (Å²) in [4.78, 5) is 14.1. The maximum Gasteiger partial charge on any atom is 0.329 e. The average molecular weight is 292 g/mol. The molecular weight excluding hydrogens is 268 g/mol. The van der Waals surface area contributed by atoms with Gasteiger partial charge in [-0.25, -0.2) is 4.79 Å². The Balaban J connectivity index is 2.27. The summed E-state index contributed by atoms with van der Waals surface area (Å²) in [7, 11) is 1.70. The van der Waals surface area contributed by atoms with E-state index in [4.69, 9.17) is 4.74 Å². The van der Waals surface area contributed by atoms with Gasteiger partial charge in [0.05, 0.1) is 12.2 Å². The zero-order valence-corrected chi connectivity index (χ0v) is 12.9. The van der Waals surface area contributed by atoms with Crippen LogP contribution in [-0.2, 0) is 15.1 Å². The second-order valence-electron chi connectivity index (χ2n) is 5.78. The Kier molecular flexibility index (Phi) is 4.98. The molecular formula is C16H24N2O3. The predicted molar refractivity (Wildman–Crippen MR) is 81.3 cm³/mol. The molecule has 0 saturated carbocycles. The highest BCUT2D eigenvalue weighted by Crippen LogP contribution is 2.24. The van der Waals surface area contributed by atoms with E-state index in [-0.39, 0.29) is 12.2 Å². The molecule has 0 aromatic heterocycles. The first kappa shape index (κ1) is 15.9. The van der Waals surface area contributed by atoms with Crippen molar-refractivity contribution < 1.29 is 14.6 Å². The van der Waals surface area contributed by atoms with Gasteiger partial charge in [-0.1, -0.05) is 30.3 Å². The van der Waals surface area contributed by atoms with Crippen LogP contribution in [0, 0.1) is 0 Å². The standard InChI is InChI=1S/C16H24N2O3/c1-12-9-18(10-13(2)21-12)11-16(17-3,15(19)20)14-7-5-4-6-8-14/h4-8,12-13,17H,9-11H2,1-3H3,(H,19,20). The molecule has 2 N–H and O–H groups in total. The lowest BCUT2D eigenvalue weighted by molar-refractivity contribution is -0.148. The van der Waals surface area contributed by atoms with E-state index in [2.05, 4.69) is 10.2 Å². The van der Waals surface area contributed by atoms with Crippen molar-refractivity contribution in [3.8, 4) is 0 Å². The van der Waals surface area contributed by atoms with Gasteiger partial charge in [0, 0.05) is 19.6 Å². The fourth-order valence-electron chi connectivity index (χ4n) is 3.08. The molecule has 5 nitrogen and oxygen atoms in total. The number of ether oxygens (including phenoxy) is 1. The van der Waals surface area contributed by atoms with E-state index >= 15 is 0 Å². The molecule has 0 bridgehead atoms. The summed E-state index contributed by atoms with van der Waals surface area (Å²) in [6.07, 6.45) is 0.237. The van der Waals surface area contributed by atoms with Gasteiger partial charge in [0.15, 0.2) is 5.54 Å². The van der Waals surface area contributed by atoms with Crippen LogP contribution in [0.5, 0.6) is 0 Å². The van der Waals surface area contributed by atoms with Crippen molar-refractivity contribution in [1.82, 2.24) is 10.2 Å². The fourth-order valence-corrected chi connectivity index (χ4v) is 3.08. The van der Waals surface area contributed by atoms with E-state index < -0.39 is 11.5 Å². The quantitative estimate of drug-likeness (QED) is 0.856. The maximum absolute atomic E-state index is 12.0. The summed E-state index contributed by atoms with van der Waals surface area (Å²) in [5, 5.41) is 12.8. The Labute approximate surface area is 125 Å². The van der Waals surface area contributed by atoms with Crippen LogP contribution in [0.1, 0.15) is 19.4 Å². The first-order valence-corrected chi connectivity index (χ1v) is 7.33. The molecule has 0 spiro atoms. The molecule has 0 radical (unpaired) electrons. The van der Waals surface area contributed by atoms with Crippen molar-refractivity contribution in [2.75, 3.05) is 26.7 Å². The summed E-state index contributed by atoms with van der Waals surface area (Å²) in [5.74, 6) is -0.858. The van der Waals surface area contributed by atoms with Gasteiger partial charge >= 0.3 is 5.97 Å². The molecule has 0 aliphatic carbocycles. The molecule has 1 aliphatic rings. The van der Waals surface area contributed by atoms with E-state index in [1.165, 1.54) is 0 Å². The van der Waals surface area contributed by atoms with E-state index in [1.54, 1.807) is 7.05 Å². The Morgan fingerprint density at radius 3 is 2.38 bits per heavy atom. The molecule has 5 heteroatoms. The molecule has 21 heavy (non-hydrogen) atoms. The molecule has 1 aromatic carbocycles. The molecule has 0 amide bonds. The highest BCUT2D eigenvalue weighted by molar-refractivity contribution is 5.81. The van der Waals surface area contributed by atoms with Gasteiger partial charge in [0.25, 0.3) is 0 Å². The largest absolute Gasteiger partial charge is 0.480 e. The first-order valence-electron chi connectivity index (χ1n) is 7.33. The lowest BCUT2D eigenvalue weighted by atomic mass is 9.89. The normalized spacial score (nSPS) is 26.2. The zero-order chi connectivity index (χ0) is 15.5. The third-order valence-electron chi connectivity index (χ3n) is 4.01. The summed E-state index contributed by atoms with van der Waals surface area (Å²) < 4.78 is 5.72. The molecule has 1 fully saturated rings. The molecule has 1 aliphatic heterocycles. The molecule has 3 atom stereocenters. The number of aliphatic carboxylic acids is 1. The molecule has 1 saturated heterocycles. The fraction of sp³-hybridized carbons (Fsp3) is 0.562. The predicted octanol–water partition coefficient (Wildman–Crippen LogP) is 1.30. The molecule has 1 heterocycles. The third kappa shape index (κ3) is 3.43. The summed E-state index contributed by atoms with van der Waals surface area (Å²) in [5.41, 5.74) is -0.329. The summed E-state index contributed by atoms with van der Waals surface area (Å²) in [6, 6.07) is 9.35. The van der Waals surface area contributed by atoms with Crippen LogP contribution in [0.25, 0.3) is 0 Å². The zero-order valence-electron chi connectivity index (χ0n) is 12.9. The Morgan fingerprint density at radius 1 is 1.33 bits per heavy atom. The van der Waals surface area contributed by atoms with Crippen LogP contribution in [0.3, 0.4) is 0 Å². The lowest BCUT2D eigenvalue weighted by Gasteiger charge is -2.40. The van der Waals surface area contributed by atoms with Crippen molar-refractivity contribution in [3.63, 3.8) is 0 Å². The Morgan fingerprint density at radius 2 is 1.90 bits per heavy atom. The summed E-state index contributed by atoms with van der Waals surface area (Å²) >= 11 is 0. The van der Waals surface area contributed by atoms with Gasteiger partial charge in [-0.15, -0.1) is 0 Å². The Bertz CT molecular complexity index is 470. The molecule has 2 rings (SSSR count). The molecule has 116 valence electrons. The second-order valence-corrected chi connectivity index (χ2v) is 5.78. The minimum atomic E-state index is -1.10. The van der Waals surface area contributed by atoms with Crippen molar-refractivity contribution in [2.45, 2.75) is 31.6 Å². The molecule has 3 unspecified atom stereocenters. The van der Waals surface area contributed by atoms with Gasteiger partial charge < -0.3 is 15.2 Å². The monoisotopic (exact) mass is 292 g/mol. The highest BCUT2D eigenvalue weighted by atomic mass is 16.5. The number of nitrogens with one attached hydrogen (secondary N) is 1. The Hall–Kier alpha value is -1.43. The number of carbonyl (C=O) groups is 1. The van der Waals surface area contributed by atoms with E-state index in [0.29, 0.717) is 6.54 Å². The van der Waals surface area contributed by atoms with Crippen molar-refractivity contribution in [2.24, 2.45) is 0 Å². The topological polar surface area (TPSA) is 61.8 Å². The third-order valence-corrected chi connectivity index (χ3v) is 4.01. The van der Waals surface area contributed by atoms with Crippen LogP contribution >= 0.6 is 0 Å². The van der Waals surface area contributed by atoms with E-state index in [9.17, 15) is 9.90 Å². The number of carboxylic acid groups (broad SMARTS) is 1. The minimum absolute atomic E-state index is 0.118. The number of hydrogen-bond acceptors (Lipinski definition) is 4. The number of nitrogens with zero attached hydrogens (tertiary/aromatic N) is 1. The number of rotatable bonds is 5. The van der Waals surface area contributed by atoms with E-state index in [0.717, 1.165) is 18.7 Å². The van der Waals surface area contributed by atoms with E-state index in [1.807, 2.05) is 44.2 Å². The lowest BCUT2D eigenvalue weighted by Crippen LogP contribution is -2.58. The molecule has 1 aromatic rings. The van der Waals surface area contributed by atoms with Gasteiger partial charge in [-0.2, -0.15) is 0 Å². The smallest absolute Gasteiger partial charge is 0.329 e. The number of likely N-dealkylation sites (N-methyl/N-ethyl adjacent to an activating group) is 1. The minimum Gasteiger partial charge on any atom is -0.480 e. The SMILES string of the molecule is CNC(CN1CC(C)OC(C)C1)(C(=O)O)c1ccccc1. The van der Waals surface area contributed by atoms with Crippen molar-refractivity contribution in [3.05, 3.63) is 35.9 Å². The average Bonchev–Trinajstić information content (AvgIpc) is 2.44. The van der Waals surface area contributed by atoms with Crippen LogP contribution < -0.4 is 5.32 Å². The number of carboxylic acids is 1. The van der Waals surface area contributed by atoms with Crippen molar-refractivity contribution in [1.29, 1.82) is 0 Å². The van der Waals surface area contributed by atoms with Crippen LogP contribution in [0.2, 0.25) is 0 Å². The van der Waals surface area contributed by atoms with Crippen LogP contribution in [-0.4, -0.2) is 54.9 Å². The summed E-state index contributed by atoms with van der Waals surface area (Å²) in [6.45, 7) is 5.95. The van der Waals surface area contributed by atoms with Crippen molar-refractivity contribution >= 4 is 5.97 Å². The first-order chi connectivity index (χ1) is 9.98. The second kappa shape index (κ2) is 6.56. The van der Waals surface area contributed by atoms with Crippen LogP contribution in [0.4, 0.5) is 0 Å². The number of benzene rings is 1.